The lowest BCUT2D eigenvalue weighted by molar-refractivity contribution is 0.0401. The van der Waals surface area contributed by atoms with Crippen LogP contribution in [0.25, 0.3) is 0 Å². The molecule has 0 bridgehead atoms. The molecule has 1 fully saturated rings. The summed E-state index contributed by atoms with van der Waals surface area (Å²) in [6, 6.07) is 5.77. The molecule has 0 spiro atoms. The normalized spacial score (nSPS) is 22.2. The lowest BCUT2D eigenvalue weighted by Gasteiger charge is -2.37. The number of hydrogen-bond acceptors (Lipinski definition) is 5. The van der Waals surface area contributed by atoms with Crippen molar-refractivity contribution < 1.29 is 13.2 Å². The zero-order valence-corrected chi connectivity index (χ0v) is 15.0. The second-order valence-electron chi connectivity index (χ2n) is 5.14. The molecule has 1 aliphatic heterocycles. The Bertz CT molecular complexity index is 691. The molecule has 0 radical (unpaired) electrons. The first-order chi connectivity index (χ1) is 10.4. The number of nitriles is 1. The van der Waals surface area contributed by atoms with E-state index in [9.17, 15) is 8.42 Å². The van der Waals surface area contributed by atoms with E-state index >= 15 is 0 Å². The van der Waals surface area contributed by atoms with E-state index in [0.717, 1.165) is 0 Å². The molecule has 2 atom stereocenters. The fraction of sp³-hybridized carbons (Fsp3) is 0.500. The van der Waals surface area contributed by atoms with Crippen LogP contribution >= 0.6 is 24.0 Å². The van der Waals surface area contributed by atoms with Gasteiger partial charge in [0.2, 0.25) is 10.0 Å². The summed E-state index contributed by atoms with van der Waals surface area (Å²) in [6.07, 6.45) is 1.18. The zero-order valence-electron chi connectivity index (χ0n) is 12.6. The molecule has 0 amide bonds. The number of nitrogens with two attached hydrogens (primary N) is 1. The number of sulfonamides is 1. The molecule has 9 heteroatoms. The quantitative estimate of drug-likeness (QED) is 0.859. The van der Waals surface area contributed by atoms with Crippen LogP contribution < -0.4 is 5.73 Å². The van der Waals surface area contributed by atoms with E-state index < -0.39 is 10.0 Å². The van der Waals surface area contributed by atoms with Crippen molar-refractivity contribution in [3.05, 3.63) is 28.8 Å². The Kier molecular flexibility index (Phi) is 7.27. The molecule has 1 aromatic rings. The van der Waals surface area contributed by atoms with Gasteiger partial charge in [0.15, 0.2) is 0 Å². The average molecular weight is 380 g/mol. The molecule has 23 heavy (non-hydrogen) atoms. The van der Waals surface area contributed by atoms with Gasteiger partial charge in [0, 0.05) is 26.2 Å². The summed E-state index contributed by atoms with van der Waals surface area (Å²) < 4.78 is 32.4. The van der Waals surface area contributed by atoms with Crippen molar-refractivity contribution in [1.82, 2.24) is 4.31 Å². The Balaban J connectivity index is 0.00000264. The highest BCUT2D eigenvalue weighted by Crippen LogP contribution is 2.30. The lowest BCUT2D eigenvalue weighted by atomic mass is 10.0. The van der Waals surface area contributed by atoms with Crippen molar-refractivity contribution in [3.8, 4) is 6.07 Å². The highest BCUT2D eigenvalue weighted by atomic mass is 35.5. The minimum absolute atomic E-state index is 0. The van der Waals surface area contributed by atoms with Gasteiger partial charge >= 0.3 is 0 Å². The number of methoxy groups -OCH3 is 1. The minimum Gasteiger partial charge on any atom is -0.381 e. The van der Waals surface area contributed by atoms with Gasteiger partial charge in [-0.25, -0.2) is 8.42 Å². The van der Waals surface area contributed by atoms with E-state index in [1.807, 2.05) is 6.07 Å². The second kappa shape index (κ2) is 8.29. The summed E-state index contributed by atoms with van der Waals surface area (Å²) in [5.74, 6) is 0. The van der Waals surface area contributed by atoms with Crippen LogP contribution in [0.5, 0.6) is 0 Å². The molecule has 2 rings (SSSR count). The van der Waals surface area contributed by atoms with Gasteiger partial charge in [-0.05, 0) is 31.0 Å². The van der Waals surface area contributed by atoms with E-state index in [0.29, 0.717) is 24.9 Å². The SMILES string of the molecule is COC1CCN(S(=O)(=O)c2ccc(C#N)cc2Cl)C(CN)C1.Cl. The van der Waals surface area contributed by atoms with Gasteiger partial charge in [-0.2, -0.15) is 9.57 Å². The summed E-state index contributed by atoms with van der Waals surface area (Å²) in [6.45, 7) is 0.548. The molecule has 1 aliphatic rings. The third kappa shape index (κ3) is 4.15. The van der Waals surface area contributed by atoms with Crippen LogP contribution in [-0.2, 0) is 14.8 Å². The zero-order chi connectivity index (χ0) is 16.3. The van der Waals surface area contributed by atoms with E-state index in [4.69, 9.17) is 27.3 Å². The van der Waals surface area contributed by atoms with Crippen molar-refractivity contribution in [3.63, 3.8) is 0 Å². The van der Waals surface area contributed by atoms with Crippen LogP contribution in [0.2, 0.25) is 5.02 Å². The minimum atomic E-state index is -3.75. The first-order valence-corrected chi connectivity index (χ1v) is 8.70. The molecule has 0 saturated carbocycles. The Morgan fingerprint density at radius 1 is 1.52 bits per heavy atom. The van der Waals surface area contributed by atoms with Crippen molar-refractivity contribution in [2.45, 2.75) is 29.9 Å². The molecule has 128 valence electrons. The summed E-state index contributed by atoms with van der Waals surface area (Å²) in [5.41, 5.74) is 6.05. The molecular formula is C14H19Cl2N3O3S. The van der Waals surface area contributed by atoms with Crippen LogP contribution in [-0.4, -0.2) is 45.1 Å². The van der Waals surface area contributed by atoms with Gasteiger partial charge in [0.25, 0.3) is 0 Å². The molecule has 2 N–H and O–H groups in total. The van der Waals surface area contributed by atoms with Gasteiger partial charge in [-0.3, -0.25) is 0 Å². The van der Waals surface area contributed by atoms with Crippen molar-refractivity contribution in [1.29, 1.82) is 5.26 Å². The fourth-order valence-electron chi connectivity index (χ4n) is 2.64. The molecule has 1 saturated heterocycles. The van der Waals surface area contributed by atoms with Crippen molar-refractivity contribution in [2.75, 3.05) is 20.2 Å². The molecule has 1 heterocycles. The summed E-state index contributed by atoms with van der Waals surface area (Å²) >= 11 is 6.05. The van der Waals surface area contributed by atoms with Gasteiger partial charge in [0.05, 0.1) is 22.8 Å². The predicted molar refractivity (Wildman–Crippen MR) is 90.2 cm³/mol. The lowest BCUT2D eigenvalue weighted by Crippen LogP contribution is -2.51. The average Bonchev–Trinajstić information content (AvgIpc) is 2.53. The molecule has 6 nitrogen and oxygen atoms in total. The predicted octanol–water partition coefficient (Wildman–Crippen LogP) is 1.76. The van der Waals surface area contributed by atoms with Crippen LogP contribution in [0, 0.1) is 11.3 Å². The molecule has 1 aromatic carbocycles. The third-order valence-corrected chi connectivity index (χ3v) is 6.30. The fourth-order valence-corrected chi connectivity index (χ4v) is 4.82. The summed E-state index contributed by atoms with van der Waals surface area (Å²) in [4.78, 5) is 0.00230. The van der Waals surface area contributed by atoms with Crippen LogP contribution in [0.3, 0.4) is 0 Å². The molecule has 0 aliphatic carbocycles. The van der Waals surface area contributed by atoms with Gasteiger partial charge < -0.3 is 10.5 Å². The highest BCUT2D eigenvalue weighted by Gasteiger charge is 2.37. The number of ether oxygens (including phenoxy) is 1. The maximum absolute atomic E-state index is 12.8. The van der Waals surface area contributed by atoms with Gasteiger partial charge in [-0.1, -0.05) is 11.6 Å². The van der Waals surface area contributed by atoms with E-state index in [-0.39, 0.29) is 41.0 Å². The van der Waals surface area contributed by atoms with E-state index in [1.165, 1.54) is 22.5 Å². The maximum atomic E-state index is 12.8. The number of rotatable bonds is 4. The number of benzene rings is 1. The Labute approximate surface area is 147 Å². The third-order valence-electron chi connectivity index (χ3n) is 3.87. The van der Waals surface area contributed by atoms with Gasteiger partial charge in [-0.15, -0.1) is 12.4 Å². The Morgan fingerprint density at radius 3 is 2.74 bits per heavy atom. The standard InChI is InChI=1S/C14H18ClN3O3S.ClH/c1-21-12-4-5-18(11(7-12)9-17)22(19,20)14-3-2-10(8-16)6-13(14)15;/h2-3,6,11-12H,4-5,7,9,17H2,1H3;1H. The topological polar surface area (TPSA) is 96.4 Å². The van der Waals surface area contributed by atoms with Gasteiger partial charge in [0.1, 0.15) is 4.90 Å². The van der Waals surface area contributed by atoms with Crippen molar-refractivity contribution in [2.24, 2.45) is 5.73 Å². The smallest absolute Gasteiger partial charge is 0.244 e. The Hall–Kier alpha value is -0.880. The van der Waals surface area contributed by atoms with Crippen LogP contribution in [0.15, 0.2) is 23.1 Å². The molecule has 0 aromatic heterocycles. The monoisotopic (exact) mass is 379 g/mol. The molecular weight excluding hydrogens is 361 g/mol. The first kappa shape index (κ1) is 20.2. The Morgan fingerprint density at radius 2 is 2.22 bits per heavy atom. The van der Waals surface area contributed by atoms with Crippen molar-refractivity contribution >= 4 is 34.0 Å². The number of piperidine rings is 1. The first-order valence-electron chi connectivity index (χ1n) is 6.88. The van der Waals surface area contributed by atoms with E-state index in [1.54, 1.807) is 7.11 Å². The van der Waals surface area contributed by atoms with E-state index in [2.05, 4.69) is 0 Å². The second-order valence-corrected chi connectivity index (χ2v) is 7.41. The summed E-state index contributed by atoms with van der Waals surface area (Å²) in [5, 5.41) is 8.89. The number of halogens is 2. The largest absolute Gasteiger partial charge is 0.381 e. The number of nitrogens with zero attached hydrogens (tertiary/aromatic N) is 2. The van der Waals surface area contributed by atoms with Crippen LogP contribution in [0.1, 0.15) is 18.4 Å². The summed E-state index contributed by atoms with van der Waals surface area (Å²) in [7, 11) is -2.14. The van der Waals surface area contributed by atoms with Crippen LogP contribution in [0.4, 0.5) is 0 Å². The highest BCUT2D eigenvalue weighted by molar-refractivity contribution is 7.89. The number of hydrogen-bond donors (Lipinski definition) is 1. The maximum Gasteiger partial charge on any atom is 0.244 e. The molecule has 2 unspecified atom stereocenters.